The van der Waals surface area contributed by atoms with Gasteiger partial charge in [0.05, 0.1) is 17.7 Å². The van der Waals surface area contributed by atoms with E-state index in [0.717, 1.165) is 25.9 Å². The van der Waals surface area contributed by atoms with Crippen LogP contribution in [-0.2, 0) is 4.74 Å². The third-order valence-corrected chi connectivity index (χ3v) is 4.87. The van der Waals surface area contributed by atoms with E-state index in [1.807, 2.05) is 6.07 Å². The molecule has 6 heteroatoms. The Kier molecular flexibility index (Phi) is 5.68. The number of rotatable bonds is 3. The highest BCUT2D eigenvalue weighted by Gasteiger charge is 2.40. The Morgan fingerprint density at radius 3 is 2.71 bits per heavy atom. The smallest absolute Gasteiger partial charge is 0.339 e. The van der Waals surface area contributed by atoms with Crippen LogP contribution in [0.2, 0.25) is 0 Å². The van der Waals surface area contributed by atoms with Crippen LogP contribution in [0.25, 0.3) is 0 Å². The zero-order chi connectivity index (χ0) is 17.1. The summed E-state index contributed by atoms with van der Waals surface area (Å²) in [7, 11) is 0. The zero-order valence-corrected chi connectivity index (χ0v) is 14.6. The molecule has 0 saturated carbocycles. The molecule has 2 atom stereocenters. The Balaban J connectivity index is 1.78. The number of carbonyl (C=O) groups excluding carboxylic acids is 1. The summed E-state index contributed by atoms with van der Waals surface area (Å²) in [5.74, 6) is 6.02. The number of hydrogen-bond donors (Lipinski definition) is 1. The molecular formula is C18H19Cl2NO3. The molecular weight excluding hydrogens is 349 g/mol. The van der Waals surface area contributed by atoms with E-state index in [1.165, 1.54) is 0 Å². The van der Waals surface area contributed by atoms with Crippen molar-refractivity contribution in [3.63, 3.8) is 0 Å². The van der Waals surface area contributed by atoms with Gasteiger partial charge in [0.15, 0.2) is 0 Å². The van der Waals surface area contributed by atoms with E-state index < -0.39 is 16.9 Å². The number of aliphatic hydroxyl groups excluding tert-OH is 1. The highest BCUT2D eigenvalue weighted by Crippen LogP contribution is 2.32. The molecule has 1 aromatic rings. The number of piperidine rings is 3. The van der Waals surface area contributed by atoms with Crippen molar-refractivity contribution >= 4 is 29.2 Å². The average molecular weight is 368 g/mol. The van der Waals surface area contributed by atoms with E-state index in [2.05, 4.69) is 16.7 Å². The standard InChI is InChI=1S/C18H19Cl2NO3/c19-16(20)11-24-18(23)14-4-2-1-3-12(14)5-6-15-17(22)13-7-9-21(15)10-8-13/h1-4,13,15-17,22H,7-11H2. The minimum atomic E-state index is -0.757. The van der Waals surface area contributed by atoms with Gasteiger partial charge >= 0.3 is 5.97 Å². The van der Waals surface area contributed by atoms with Crippen molar-refractivity contribution in [1.82, 2.24) is 4.90 Å². The number of nitrogens with zero attached hydrogens (tertiary/aromatic N) is 1. The molecule has 1 aromatic carbocycles. The minimum absolute atomic E-state index is 0.0689. The van der Waals surface area contributed by atoms with Gasteiger partial charge in [-0.3, -0.25) is 4.90 Å². The van der Waals surface area contributed by atoms with Crippen molar-refractivity contribution in [3.05, 3.63) is 35.4 Å². The molecule has 0 aromatic heterocycles. The molecule has 1 N–H and O–H groups in total. The monoisotopic (exact) mass is 367 g/mol. The zero-order valence-electron chi connectivity index (χ0n) is 13.1. The molecule has 4 nitrogen and oxygen atoms in total. The summed E-state index contributed by atoms with van der Waals surface area (Å²) in [4.78, 5) is 13.6. The fourth-order valence-corrected chi connectivity index (χ4v) is 3.45. The maximum Gasteiger partial charge on any atom is 0.339 e. The summed E-state index contributed by atoms with van der Waals surface area (Å²) in [6.45, 7) is 1.87. The number of esters is 1. The fraction of sp³-hybridized carbons (Fsp3) is 0.500. The highest BCUT2D eigenvalue weighted by atomic mass is 35.5. The molecule has 128 valence electrons. The van der Waals surface area contributed by atoms with Gasteiger partial charge in [-0.2, -0.15) is 0 Å². The first-order valence-electron chi connectivity index (χ1n) is 8.04. The first-order valence-corrected chi connectivity index (χ1v) is 8.91. The lowest BCUT2D eigenvalue weighted by Crippen LogP contribution is -2.57. The fourth-order valence-electron chi connectivity index (χ4n) is 3.33. The van der Waals surface area contributed by atoms with Crippen LogP contribution in [-0.4, -0.2) is 52.7 Å². The van der Waals surface area contributed by atoms with Crippen LogP contribution in [0.15, 0.2) is 24.3 Å². The number of fused-ring (bicyclic) bond motifs is 3. The number of alkyl halides is 2. The van der Waals surface area contributed by atoms with Gasteiger partial charge in [-0.25, -0.2) is 4.79 Å². The second kappa shape index (κ2) is 7.76. The van der Waals surface area contributed by atoms with Crippen LogP contribution < -0.4 is 0 Å². The molecule has 0 aliphatic carbocycles. The quantitative estimate of drug-likeness (QED) is 0.506. The lowest BCUT2D eigenvalue weighted by Gasteiger charge is -2.46. The van der Waals surface area contributed by atoms with Gasteiger partial charge in [-0.05, 0) is 44.0 Å². The van der Waals surface area contributed by atoms with Crippen molar-refractivity contribution < 1.29 is 14.6 Å². The molecule has 2 unspecified atom stereocenters. The maximum absolute atomic E-state index is 12.1. The molecule has 3 heterocycles. The Morgan fingerprint density at radius 2 is 2.04 bits per heavy atom. The van der Waals surface area contributed by atoms with Crippen molar-refractivity contribution in [3.8, 4) is 11.8 Å². The summed E-state index contributed by atoms with van der Waals surface area (Å²) in [6, 6.07) is 6.83. The third kappa shape index (κ3) is 3.87. The largest absolute Gasteiger partial charge is 0.459 e. The summed E-state index contributed by atoms with van der Waals surface area (Å²) >= 11 is 11.2. The lowest BCUT2D eigenvalue weighted by atomic mass is 9.81. The van der Waals surface area contributed by atoms with E-state index in [4.69, 9.17) is 27.9 Å². The Hall–Kier alpha value is -1.25. The lowest BCUT2D eigenvalue weighted by molar-refractivity contribution is -0.0500. The molecule has 0 spiro atoms. The number of halogens is 2. The van der Waals surface area contributed by atoms with E-state index in [1.54, 1.807) is 18.2 Å². The number of benzene rings is 1. The molecule has 24 heavy (non-hydrogen) atoms. The van der Waals surface area contributed by atoms with Gasteiger partial charge in [0.25, 0.3) is 0 Å². The van der Waals surface area contributed by atoms with E-state index in [9.17, 15) is 9.90 Å². The predicted molar refractivity (Wildman–Crippen MR) is 93.2 cm³/mol. The van der Waals surface area contributed by atoms with Crippen molar-refractivity contribution in [2.45, 2.75) is 29.8 Å². The van der Waals surface area contributed by atoms with Crippen LogP contribution in [0.5, 0.6) is 0 Å². The minimum Gasteiger partial charge on any atom is -0.459 e. The van der Waals surface area contributed by atoms with E-state index >= 15 is 0 Å². The van der Waals surface area contributed by atoms with Crippen molar-refractivity contribution in [2.75, 3.05) is 19.7 Å². The maximum atomic E-state index is 12.1. The van der Waals surface area contributed by atoms with Crippen molar-refractivity contribution in [1.29, 1.82) is 0 Å². The van der Waals surface area contributed by atoms with Crippen LogP contribution >= 0.6 is 23.2 Å². The van der Waals surface area contributed by atoms with Crippen LogP contribution in [0.3, 0.4) is 0 Å². The molecule has 3 saturated heterocycles. The van der Waals surface area contributed by atoms with Crippen LogP contribution in [0, 0.1) is 17.8 Å². The van der Waals surface area contributed by atoms with Gasteiger partial charge in [-0.1, -0.05) is 24.0 Å². The summed E-state index contributed by atoms with van der Waals surface area (Å²) in [6.07, 6.45) is 1.63. The Labute approximate surface area is 151 Å². The average Bonchev–Trinajstić information content (AvgIpc) is 2.60. The number of hydrogen-bond acceptors (Lipinski definition) is 4. The first-order chi connectivity index (χ1) is 11.6. The molecule has 3 fully saturated rings. The molecule has 3 aliphatic rings. The molecule has 4 rings (SSSR count). The third-order valence-electron chi connectivity index (χ3n) is 4.62. The van der Waals surface area contributed by atoms with Gasteiger partial charge in [-0.15, -0.1) is 23.2 Å². The van der Waals surface area contributed by atoms with E-state index in [0.29, 0.717) is 17.0 Å². The summed E-state index contributed by atoms with van der Waals surface area (Å²) in [5.41, 5.74) is 0.961. The molecule has 2 bridgehead atoms. The first kappa shape index (κ1) is 17.6. The predicted octanol–water partition coefficient (Wildman–Crippen LogP) is 2.45. The van der Waals surface area contributed by atoms with Crippen LogP contribution in [0.1, 0.15) is 28.8 Å². The topological polar surface area (TPSA) is 49.8 Å². The summed E-state index contributed by atoms with van der Waals surface area (Å²) < 4.78 is 5.06. The SMILES string of the molecule is O=C(OCC(Cl)Cl)c1ccccc1C#CC1C(O)C2CCN1CC2. The van der Waals surface area contributed by atoms with Crippen molar-refractivity contribution in [2.24, 2.45) is 5.92 Å². The number of aliphatic hydroxyl groups is 1. The second-order valence-corrected chi connectivity index (χ2v) is 7.39. The van der Waals surface area contributed by atoms with E-state index in [-0.39, 0.29) is 12.6 Å². The second-order valence-electron chi connectivity index (χ2n) is 6.11. The van der Waals surface area contributed by atoms with Gasteiger partial charge < -0.3 is 9.84 Å². The molecule has 3 aliphatic heterocycles. The Morgan fingerprint density at radius 1 is 1.33 bits per heavy atom. The molecule has 0 amide bonds. The highest BCUT2D eigenvalue weighted by molar-refractivity contribution is 6.44. The number of carbonyl (C=O) groups is 1. The van der Waals surface area contributed by atoms with Gasteiger partial charge in [0, 0.05) is 5.56 Å². The van der Waals surface area contributed by atoms with Crippen LogP contribution in [0.4, 0.5) is 0 Å². The summed E-state index contributed by atoms with van der Waals surface area (Å²) in [5, 5.41) is 10.4. The van der Waals surface area contributed by atoms with Gasteiger partial charge in [0.1, 0.15) is 11.4 Å². The number of ether oxygens (including phenoxy) is 1. The molecule has 0 radical (unpaired) electrons. The normalized spacial score (nSPS) is 28.3. The van der Waals surface area contributed by atoms with Gasteiger partial charge in [0.2, 0.25) is 0 Å². The Bertz CT molecular complexity index is 658.